The minimum Gasteiger partial charge on any atom is -0.496 e. The highest BCUT2D eigenvalue weighted by atomic mass is 19.3. The van der Waals surface area contributed by atoms with Crippen molar-refractivity contribution in [2.45, 2.75) is 64.3 Å². The molecule has 1 aliphatic heterocycles. The third-order valence-corrected chi connectivity index (χ3v) is 7.30. The number of hydrogen-bond donors (Lipinski definition) is 0. The van der Waals surface area contributed by atoms with Crippen LogP contribution < -0.4 is 4.74 Å². The maximum Gasteiger partial charge on any atom is 0.419 e. The summed E-state index contributed by atoms with van der Waals surface area (Å²) in [5.41, 5.74) is 0.500. The van der Waals surface area contributed by atoms with Crippen LogP contribution in [0.1, 0.15) is 66.7 Å². The van der Waals surface area contributed by atoms with Crippen molar-refractivity contribution >= 4 is 23.0 Å². The fourth-order valence-electron chi connectivity index (χ4n) is 5.49. The third-order valence-electron chi connectivity index (χ3n) is 7.30. The number of piperidine rings is 1. The van der Waals surface area contributed by atoms with Gasteiger partial charge in [-0.25, -0.2) is 18.9 Å². The van der Waals surface area contributed by atoms with E-state index in [0.29, 0.717) is 16.6 Å². The van der Waals surface area contributed by atoms with Crippen LogP contribution in [0.2, 0.25) is 0 Å². The highest BCUT2D eigenvalue weighted by Crippen LogP contribution is 2.49. The van der Waals surface area contributed by atoms with Gasteiger partial charge >= 0.3 is 18.1 Å². The summed E-state index contributed by atoms with van der Waals surface area (Å²) in [4.78, 5) is 26.0. The Morgan fingerprint density at radius 3 is 2.36 bits per heavy atom. The van der Waals surface area contributed by atoms with Crippen LogP contribution in [-0.2, 0) is 20.3 Å². The first-order chi connectivity index (χ1) is 19.8. The van der Waals surface area contributed by atoms with Gasteiger partial charge in [0.25, 0.3) is 0 Å². The molecule has 0 N–H and O–H groups in total. The first kappa shape index (κ1) is 31.4. The number of halogens is 3. The second-order valence-corrected chi connectivity index (χ2v) is 11.3. The van der Waals surface area contributed by atoms with Gasteiger partial charge in [-0.2, -0.15) is 8.78 Å². The van der Waals surface area contributed by atoms with Gasteiger partial charge in [-0.05, 0) is 75.9 Å². The Morgan fingerprint density at radius 2 is 1.76 bits per heavy atom. The number of aromatic nitrogens is 1. The first-order valence-electron chi connectivity index (χ1n) is 13.7. The van der Waals surface area contributed by atoms with Gasteiger partial charge in [0.05, 0.1) is 43.6 Å². The smallest absolute Gasteiger partial charge is 0.419 e. The summed E-state index contributed by atoms with van der Waals surface area (Å²) in [7, 11) is 2.59. The standard InChI is InChI=1S/C31H37F3N2O6/c1-19-17-25(39-5)26(23-12-14-35(27(19)23)29(38)42-30(2,3)4)31(33,34)36-15-11-22(41-16-13-32)18-24(36)20-7-9-21(10-8-20)28(37)40-6/h7-10,12,14,17,22,24H,11,13,15-16,18H2,1-6H3/t22-,24-/m0/s1. The Hall–Kier alpha value is -3.57. The predicted molar refractivity (Wildman–Crippen MR) is 151 cm³/mol. The molecule has 1 saturated heterocycles. The molecule has 0 radical (unpaired) electrons. The molecule has 11 heteroatoms. The Bertz CT molecular complexity index is 1430. The molecule has 0 saturated carbocycles. The van der Waals surface area contributed by atoms with Crippen LogP contribution in [0.5, 0.6) is 5.75 Å². The summed E-state index contributed by atoms with van der Waals surface area (Å²) in [5.74, 6) is -0.569. The molecule has 1 aliphatic rings. The number of benzene rings is 2. The number of nitrogens with zero attached hydrogens (tertiary/aromatic N) is 2. The number of hydrogen-bond acceptors (Lipinski definition) is 7. The molecule has 0 bridgehead atoms. The quantitative estimate of drug-likeness (QED) is 0.212. The van der Waals surface area contributed by atoms with Crippen LogP contribution in [-0.4, -0.2) is 67.3 Å². The number of carbonyl (C=O) groups excluding carboxylic acids is 2. The Balaban J connectivity index is 1.82. The summed E-state index contributed by atoms with van der Waals surface area (Å²) in [6.07, 6.45) is 0.720. The zero-order valence-corrected chi connectivity index (χ0v) is 24.7. The fourth-order valence-corrected chi connectivity index (χ4v) is 5.49. The molecule has 0 amide bonds. The normalized spacial score (nSPS) is 18.2. The zero-order valence-electron chi connectivity index (χ0n) is 24.7. The van der Waals surface area contributed by atoms with Crippen LogP contribution in [0.4, 0.5) is 18.0 Å². The molecule has 1 fully saturated rings. The first-order valence-corrected chi connectivity index (χ1v) is 13.7. The Labute approximate surface area is 243 Å². The fraction of sp³-hybridized carbons (Fsp3) is 0.484. The van der Waals surface area contributed by atoms with Crippen molar-refractivity contribution in [1.29, 1.82) is 0 Å². The number of ether oxygens (including phenoxy) is 4. The van der Waals surface area contributed by atoms with Crippen molar-refractivity contribution in [3.63, 3.8) is 0 Å². The maximum atomic E-state index is 17.0. The van der Waals surface area contributed by atoms with Gasteiger partial charge in [-0.3, -0.25) is 4.57 Å². The minimum absolute atomic E-state index is 0.0254. The highest BCUT2D eigenvalue weighted by molar-refractivity contribution is 5.95. The topological polar surface area (TPSA) is 79.2 Å². The molecule has 1 aromatic heterocycles. The third kappa shape index (κ3) is 6.27. The van der Waals surface area contributed by atoms with Crippen molar-refractivity contribution in [3.8, 4) is 5.75 Å². The lowest BCUT2D eigenvalue weighted by Gasteiger charge is -2.44. The van der Waals surface area contributed by atoms with Crippen LogP contribution in [0.3, 0.4) is 0 Å². The SMILES string of the molecule is COC(=O)c1ccc([C@@H]2C[C@@H](OCCF)CCN2C(F)(F)c2c(OC)cc(C)c3c2ccn3C(=O)OC(C)(C)C)cc1. The number of aryl methyl sites for hydroxylation is 1. The van der Waals surface area contributed by atoms with Crippen molar-refractivity contribution in [2.75, 3.05) is 34.0 Å². The molecule has 42 heavy (non-hydrogen) atoms. The summed E-state index contributed by atoms with van der Waals surface area (Å²) < 4.78 is 69.4. The average Bonchev–Trinajstić information content (AvgIpc) is 3.40. The van der Waals surface area contributed by atoms with E-state index in [1.807, 2.05) is 0 Å². The Morgan fingerprint density at radius 1 is 1.07 bits per heavy atom. The Kier molecular flexibility index (Phi) is 9.22. The molecule has 8 nitrogen and oxygen atoms in total. The molecule has 0 aliphatic carbocycles. The van der Waals surface area contributed by atoms with Crippen LogP contribution in [0, 0.1) is 6.92 Å². The lowest BCUT2D eigenvalue weighted by molar-refractivity contribution is -0.196. The molecular weight excluding hydrogens is 553 g/mol. The van der Waals surface area contributed by atoms with Gasteiger partial charge in [0.15, 0.2) is 0 Å². The van der Waals surface area contributed by atoms with Crippen LogP contribution >= 0.6 is 0 Å². The van der Waals surface area contributed by atoms with Gasteiger partial charge in [0.2, 0.25) is 0 Å². The van der Waals surface area contributed by atoms with Crippen molar-refractivity contribution < 1.29 is 41.7 Å². The maximum absolute atomic E-state index is 17.0. The summed E-state index contributed by atoms with van der Waals surface area (Å²) in [6, 6.07) is 4.80. The predicted octanol–water partition coefficient (Wildman–Crippen LogP) is 6.77. The highest BCUT2D eigenvalue weighted by Gasteiger charge is 2.49. The molecule has 0 unspecified atom stereocenters. The van der Waals surface area contributed by atoms with Crippen molar-refractivity contribution in [1.82, 2.24) is 9.47 Å². The van der Waals surface area contributed by atoms with E-state index in [4.69, 9.17) is 18.9 Å². The minimum atomic E-state index is -3.58. The number of likely N-dealkylation sites (tertiary alicyclic amines) is 1. The van der Waals surface area contributed by atoms with Gasteiger partial charge in [-0.15, -0.1) is 0 Å². The van der Waals surface area contributed by atoms with E-state index >= 15 is 8.78 Å². The number of esters is 1. The number of rotatable bonds is 8. The number of alkyl halides is 3. The molecule has 2 aromatic carbocycles. The number of carbonyl (C=O) groups is 2. The summed E-state index contributed by atoms with van der Waals surface area (Å²) in [6.45, 7) is 6.02. The molecular formula is C31H37F3N2O6. The zero-order chi connectivity index (χ0) is 30.8. The molecule has 2 atom stereocenters. The molecule has 3 aromatic rings. The van der Waals surface area contributed by atoms with E-state index < -0.39 is 42.5 Å². The largest absolute Gasteiger partial charge is 0.496 e. The lowest BCUT2D eigenvalue weighted by Crippen LogP contribution is -2.48. The van der Waals surface area contributed by atoms with E-state index in [-0.39, 0.29) is 48.3 Å². The van der Waals surface area contributed by atoms with Gasteiger partial charge in [0.1, 0.15) is 18.0 Å². The summed E-state index contributed by atoms with van der Waals surface area (Å²) >= 11 is 0. The van der Waals surface area contributed by atoms with Crippen molar-refractivity contribution in [3.05, 3.63) is 64.8 Å². The van der Waals surface area contributed by atoms with Gasteiger partial charge < -0.3 is 18.9 Å². The number of fused-ring (bicyclic) bond motifs is 1. The van der Waals surface area contributed by atoms with Gasteiger partial charge in [0, 0.05) is 24.2 Å². The molecule has 228 valence electrons. The lowest BCUT2D eigenvalue weighted by atomic mass is 9.90. The second-order valence-electron chi connectivity index (χ2n) is 11.3. The van der Waals surface area contributed by atoms with E-state index in [2.05, 4.69) is 0 Å². The molecule has 2 heterocycles. The van der Waals surface area contributed by atoms with Gasteiger partial charge in [-0.1, -0.05) is 12.1 Å². The van der Waals surface area contributed by atoms with Crippen LogP contribution in [0.25, 0.3) is 10.9 Å². The molecule has 0 spiro atoms. The molecule has 4 rings (SSSR count). The second kappa shape index (κ2) is 12.3. The van der Waals surface area contributed by atoms with E-state index in [0.717, 1.165) is 4.90 Å². The van der Waals surface area contributed by atoms with E-state index in [1.165, 1.54) is 49.2 Å². The van der Waals surface area contributed by atoms with Crippen molar-refractivity contribution in [2.24, 2.45) is 0 Å². The number of methoxy groups -OCH3 is 2. The van der Waals surface area contributed by atoms with E-state index in [1.54, 1.807) is 39.8 Å². The van der Waals surface area contributed by atoms with Crippen LogP contribution in [0.15, 0.2) is 42.6 Å². The average molecular weight is 591 g/mol. The van der Waals surface area contributed by atoms with E-state index in [9.17, 15) is 14.0 Å². The summed E-state index contributed by atoms with van der Waals surface area (Å²) in [5, 5.41) is 0.151. The monoisotopic (exact) mass is 590 g/mol.